The van der Waals surface area contributed by atoms with Crippen LogP contribution in [0.3, 0.4) is 0 Å². The van der Waals surface area contributed by atoms with Gasteiger partial charge >= 0.3 is 5.97 Å². The number of hydrogen-bond donors (Lipinski definition) is 1. The molecule has 0 saturated heterocycles. The van der Waals surface area contributed by atoms with Crippen molar-refractivity contribution in [3.05, 3.63) is 65.2 Å². The fourth-order valence-electron chi connectivity index (χ4n) is 3.82. The van der Waals surface area contributed by atoms with Crippen molar-refractivity contribution in [2.24, 2.45) is 11.1 Å². The van der Waals surface area contributed by atoms with Gasteiger partial charge in [-0.1, -0.05) is 47.5 Å². The molecule has 5 nitrogen and oxygen atoms in total. The predicted molar refractivity (Wildman–Crippen MR) is 104 cm³/mol. The van der Waals surface area contributed by atoms with E-state index in [0.717, 1.165) is 16.7 Å². The zero-order chi connectivity index (χ0) is 19.8. The Morgan fingerprint density at radius 2 is 1.56 bits per heavy atom. The first-order valence-corrected chi connectivity index (χ1v) is 10.6. The van der Waals surface area contributed by atoms with Gasteiger partial charge in [-0.15, -0.1) is 0 Å². The first-order valence-electron chi connectivity index (χ1n) is 9.03. The number of ether oxygens (including phenoxy) is 1. The van der Waals surface area contributed by atoms with E-state index >= 15 is 0 Å². The molecule has 3 rings (SSSR count). The van der Waals surface area contributed by atoms with E-state index in [1.54, 1.807) is 31.2 Å². The molecule has 144 valence electrons. The summed E-state index contributed by atoms with van der Waals surface area (Å²) in [6.45, 7) is 5.65. The van der Waals surface area contributed by atoms with E-state index in [0.29, 0.717) is 0 Å². The van der Waals surface area contributed by atoms with E-state index in [1.165, 1.54) is 0 Å². The van der Waals surface area contributed by atoms with E-state index in [1.807, 2.05) is 38.1 Å². The first-order chi connectivity index (χ1) is 12.8. The largest absolute Gasteiger partial charge is 0.465 e. The Hall–Kier alpha value is -2.18. The van der Waals surface area contributed by atoms with E-state index in [2.05, 4.69) is 0 Å². The van der Waals surface area contributed by atoms with E-state index < -0.39 is 32.4 Å². The van der Waals surface area contributed by atoms with Gasteiger partial charge < -0.3 is 10.5 Å². The van der Waals surface area contributed by atoms with Crippen LogP contribution in [0.4, 0.5) is 0 Å². The Balaban J connectivity index is 2.10. The zero-order valence-electron chi connectivity index (χ0n) is 15.8. The first kappa shape index (κ1) is 19.6. The van der Waals surface area contributed by atoms with Crippen LogP contribution in [0, 0.1) is 19.3 Å². The van der Waals surface area contributed by atoms with Crippen LogP contribution in [0.5, 0.6) is 0 Å². The van der Waals surface area contributed by atoms with E-state index in [4.69, 9.17) is 10.5 Å². The van der Waals surface area contributed by atoms with Gasteiger partial charge in [-0.25, -0.2) is 8.42 Å². The molecule has 0 heterocycles. The molecule has 6 heteroatoms. The Morgan fingerprint density at radius 3 is 2.04 bits per heavy atom. The normalized spacial score (nSPS) is 24.4. The Morgan fingerprint density at radius 1 is 1.04 bits per heavy atom. The maximum Gasteiger partial charge on any atom is 0.315 e. The molecule has 1 aliphatic carbocycles. The van der Waals surface area contributed by atoms with Crippen LogP contribution in [0.25, 0.3) is 0 Å². The van der Waals surface area contributed by atoms with Crippen molar-refractivity contribution >= 4 is 15.8 Å². The number of esters is 1. The third-order valence-corrected chi connectivity index (χ3v) is 7.66. The van der Waals surface area contributed by atoms with Crippen LogP contribution in [0.15, 0.2) is 53.4 Å². The summed E-state index contributed by atoms with van der Waals surface area (Å²) in [7, 11) is -3.75. The lowest BCUT2D eigenvalue weighted by atomic mass is 9.98. The summed E-state index contributed by atoms with van der Waals surface area (Å²) in [6, 6.07) is 14.2. The Bertz CT molecular complexity index is 935. The molecule has 0 radical (unpaired) electrons. The van der Waals surface area contributed by atoms with Crippen LogP contribution >= 0.6 is 0 Å². The minimum atomic E-state index is -3.75. The number of aryl methyl sites for hydroxylation is 2. The summed E-state index contributed by atoms with van der Waals surface area (Å²) >= 11 is 0. The molecule has 2 aromatic rings. The topological polar surface area (TPSA) is 86.5 Å². The second kappa shape index (κ2) is 7.09. The lowest BCUT2D eigenvalue weighted by Crippen LogP contribution is -2.33. The molecule has 1 aliphatic rings. The van der Waals surface area contributed by atoms with Gasteiger partial charge in [0.1, 0.15) is 5.41 Å². The van der Waals surface area contributed by atoms with Crippen molar-refractivity contribution in [2.75, 3.05) is 13.2 Å². The number of hydrogen-bond acceptors (Lipinski definition) is 5. The maximum atomic E-state index is 13.4. The molecule has 2 N–H and O–H groups in total. The van der Waals surface area contributed by atoms with Gasteiger partial charge in [0.05, 0.1) is 16.8 Å². The SMILES string of the molecule is CCOC(=O)[C@]1(CN)[C@H](c2ccc(C)cc2)[C@@H]1S(=O)(=O)c1ccc(C)cc1. The van der Waals surface area contributed by atoms with Gasteiger partial charge in [-0.05, 0) is 38.5 Å². The number of nitrogens with two attached hydrogens (primary N) is 1. The molecule has 27 heavy (non-hydrogen) atoms. The Labute approximate surface area is 160 Å². The van der Waals surface area contributed by atoms with Crippen LogP contribution in [-0.4, -0.2) is 32.8 Å². The molecule has 0 aromatic heterocycles. The highest BCUT2D eigenvalue weighted by molar-refractivity contribution is 7.92. The third-order valence-electron chi connectivity index (χ3n) is 5.37. The summed E-state index contributed by atoms with van der Waals surface area (Å²) in [5.74, 6) is -1.06. The van der Waals surface area contributed by atoms with Crippen molar-refractivity contribution < 1.29 is 17.9 Å². The number of carbonyl (C=O) groups excluding carboxylic acids is 1. The predicted octanol–water partition coefficient (Wildman–Crippen LogP) is 2.75. The lowest BCUT2D eigenvalue weighted by Gasteiger charge is -2.14. The van der Waals surface area contributed by atoms with Crippen LogP contribution in [-0.2, 0) is 19.4 Å². The van der Waals surface area contributed by atoms with E-state index in [9.17, 15) is 13.2 Å². The molecule has 0 amide bonds. The molecule has 1 saturated carbocycles. The summed E-state index contributed by atoms with van der Waals surface area (Å²) in [5.41, 5.74) is 7.55. The summed E-state index contributed by atoms with van der Waals surface area (Å²) in [5, 5.41) is -0.931. The van der Waals surface area contributed by atoms with Crippen LogP contribution < -0.4 is 5.73 Å². The molecule has 1 fully saturated rings. The van der Waals surface area contributed by atoms with Crippen molar-refractivity contribution in [1.82, 2.24) is 0 Å². The minimum Gasteiger partial charge on any atom is -0.465 e. The van der Waals surface area contributed by atoms with Crippen molar-refractivity contribution in [1.29, 1.82) is 0 Å². The average molecular weight is 388 g/mol. The van der Waals surface area contributed by atoms with Gasteiger partial charge in [0.2, 0.25) is 0 Å². The van der Waals surface area contributed by atoms with Gasteiger partial charge in [0, 0.05) is 12.5 Å². The monoisotopic (exact) mass is 387 g/mol. The second-order valence-electron chi connectivity index (χ2n) is 7.13. The fraction of sp³-hybridized carbons (Fsp3) is 0.381. The summed E-state index contributed by atoms with van der Waals surface area (Å²) < 4.78 is 32.0. The van der Waals surface area contributed by atoms with E-state index in [-0.39, 0.29) is 18.0 Å². The third kappa shape index (κ3) is 3.17. The molecule has 0 aliphatic heterocycles. The molecular weight excluding hydrogens is 362 g/mol. The molecule has 0 spiro atoms. The second-order valence-corrected chi connectivity index (χ2v) is 9.20. The summed E-state index contributed by atoms with van der Waals surface area (Å²) in [6.07, 6.45) is 0. The number of sulfone groups is 1. The molecule has 0 unspecified atom stereocenters. The number of rotatable bonds is 6. The smallest absolute Gasteiger partial charge is 0.315 e. The Kier molecular flexibility index (Phi) is 5.14. The highest BCUT2D eigenvalue weighted by Crippen LogP contribution is 2.64. The average Bonchev–Trinajstić information content (AvgIpc) is 3.34. The van der Waals surface area contributed by atoms with Crippen molar-refractivity contribution in [3.63, 3.8) is 0 Å². The van der Waals surface area contributed by atoms with Crippen molar-refractivity contribution in [3.8, 4) is 0 Å². The number of carbonyl (C=O) groups is 1. The summed E-state index contributed by atoms with van der Waals surface area (Å²) in [4.78, 5) is 13.0. The highest BCUT2D eigenvalue weighted by Gasteiger charge is 2.75. The molecule has 3 atom stereocenters. The standard InChI is InChI=1S/C21H25NO4S/c1-4-26-20(23)21(13-22)18(16-9-5-14(2)6-10-16)19(21)27(24,25)17-11-7-15(3)8-12-17/h5-12,18-19H,4,13,22H2,1-3H3/t18-,19+,21-/m1/s1. The van der Waals surface area contributed by atoms with Crippen molar-refractivity contribution in [2.45, 2.75) is 36.8 Å². The number of benzene rings is 2. The van der Waals surface area contributed by atoms with Crippen LogP contribution in [0.2, 0.25) is 0 Å². The quantitative estimate of drug-likeness (QED) is 0.770. The molecule has 0 bridgehead atoms. The fourth-order valence-corrected chi connectivity index (χ4v) is 6.20. The van der Waals surface area contributed by atoms with Crippen LogP contribution in [0.1, 0.15) is 29.5 Å². The van der Waals surface area contributed by atoms with Gasteiger partial charge in [0.15, 0.2) is 9.84 Å². The van der Waals surface area contributed by atoms with Gasteiger partial charge in [-0.2, -0.15) is 0 Å². The van der Waals surface area contributed by atoms with Gasteiger partial charge in [0.25, 0.3) is 0 Å². The van der Waals surface area contributed by atoms with Gasteiger partial charge in [-0.3, -0.25) is 4.79 Å². The molecule has 2 aromatic carbocycles. The highest BCUT2D eigenvalue weighted by atomic mass is 32.2. The molecular formula is C21H25NO4S. The lowest BCUT2D eigenvalue weighted by molar-refractivity contribution is -0.149. The zero-order valence-corrected chi connectivity index (χ0v) is 16.6. The minimum absolute atomic E-state index is 0.0832. The maximum absolute atomic E-state index is 13.4.